The van der Waals surface area contributed by atoms with Crippen molar-refractivity contribution < 1.29 is 19.4 Å². The molecule has 1 aliphatic heterocycles. The largest absolute Gasteiger partial charge is 0.480 e. The number of carboxylic acid groups (broad SMARTS) is 1. The first-order valence-electron chi connectivity index (χ1n) is 6.62. The molecule has 1 amide bonds. The normalized spacial score (nSPS) is 25.8. The van der Waals surface area contributed by atoms with E-state index >= 15 is 0 Å². The monoisotopic (exact) mass is 287 g/mol. The molecule has 2 aliphatic rings. The highest BCUT2D eigenvalue weighted by Crippen LogP contribution is 2.51. The predicted octanol–water partition coefficient (Wildman–Crippen LogP) is 2.69. The Morgan fingerprint density at radius 1 is 1.32 bits per heavy atom. The van der Waals surface area contributed by atoms with Crippen LogP contribution >= 0.6 is 11.8 Å². The molecule has 1 saturated carbocycles. The fourth-order valence-electron chi connectivity index (χ4n) is 2.86. The molecule has 1 heterocycles. The Kier molecular flexibility index (Phi) is 3.73. The first kappa shape index (κ1) is 14.5. The third-order valence-corrected chi connectivity index (χ3v) is 5.23. The van der Waals surface area contributed by atoms with Crippen LogP contribution < -0.4 is 0 Å². The SMILES string of the molecule is CC(C)(C)OC(=O)N1CSC2(CCCC2)[C@@H]1C(=O)O. The minimum Gasteiger partial charge on any atom is -0.480 e. The van der Waals surface area contributed by atoms with Crippen LogP contribution in [0.1, 0.15) is 46.5 Å². The molecule has 0 aromatic carbocycles. The quantitative estimate of drug-likeness (QED) is 0.803. The number of carboxylic acids is 1. The zero-order valence-electron chi connectivity index (χ0n) is 11.6. The van der Waals surface area contributed by atoms with Crippen molar-refractivity contribution in [3.8, 4) is 0 Å². The van der Waals surface area contributed by atoms with Crippen molar-refractivity contribution in [2.45, 2.75) is 62.8 Å². The molecule has 1 atom stereocenters. The van der Waals surface area contributed by atoms with Gasteiger partial charge in [0, 0.05) is 4.75 Å². The summed E-state index contributed by atoms with van der Waals surface area (Å²) in [6.45, 7) is 5.36. The third kappa shape index (κ3) is 2.83. The van der Waals surface area contributed by atoms with E-state index in [0.29, 0.717) is 5.88 Å². The fraction of sp³-hybridized carbons (Fsp3) is 0.846. The Balaban J connectivity index is 2.17. The zero-order valence-corrected chi connectivity index (χ0v) is 12.5. The highest BCUT2D eigenvalue weighted by molar-refractivity contribution is 8.01. The van der Waals surface area contributed by atoms with Crippen LogP contribution in [-0.4, -0.2) is 44.3 Å². The van der Waals surface area contributed by atoms with Crippen molar-refractivity contribution in [1.29, 1.82) is 0 Å². The number of hydrogen-bond acceptors (Lipinski definition) is 4. The van der Waals surface area contributed by atoms with Crippen molar-refractivity contribution in [1.82, 2.24) is 4.90 Å². The lowest BCUT2D eigenvalue weighted by Crippen LogP contribution is -2.51. The summed E-state index contributed by atoms with van der Waals surface area (Å²) < 4.78 is 5.01. The predicted molar refractivity (Wildman–Crippen MR) is 73.2 cm³/mol. The van der Waals surface area contributed by atoms with E-state index in [-0.39, 0.29) is 4.75 Å². The number of aliphatic carboxylic acids is 1. The van der Waals surface area contributed by atoms with Gasteiger partial charge >= 0.3 is 12.1 Å². The van der Waals surface area contributed by atoms with Crippen LogP contribution in [0.5, 0.6) is 0 Å². The second kappa shape index (κ2) is 4.89. The molecule has 0 aromatic heterocycles. The van der Waals surface area contributed by atoms with Gasteiger partial charge in [-0.3, -0.25) is 4.90 Å². The molecule has 2 rings (SSSR count). The topological polar surface area (TPSA) is 66.8 Å². The zero-order chi connectivity index (χ0) is 14.3. The minimum atomic E-state index is -0.919. The summed E-state index contributed by atoms with van der Waals surface area (Å²) in [4.78, 5) is 25.1. The van der Waals surface area contributed by atoms with Crippen molar-refractivity contribution >= 4 is 23.8 Å². The number of rotatable bonds is 1. The van der Waals surface area contributed by atoms with Gasteiger partial charge in [0.05, 0.1) is 5.88 Å². The molecular weight excluding hydrogens is 266 g/mol. The highest BCUT2D eigenvalue weighted by Gasteiger charge is 2.55. The maximum absolute atomic E-state index is 12.1. The van der Waals surface area contributed by atoms with Gasteiger partial charge in [0.15, 0.2) is 0 Å². The number of ether oxygens (including phenoxy) is 1. The number of carbonyl (C=O) groups excluding carboxylic acids is 1. The molecule has 0 bridgehead atoms. The summed E-state index contributed by atoms with van der Waals surface area (Å²) in [7, 11) is 0. The Bertz CT molecular complexity index is 385. The molecule has 2 fully saturated rings. The van der Waals surface area contributed by atoms with E-state index in [1.165, 1.54) is 4.90 Å². The van der Waals surface area contributed by atoms with E-state index < -0.39 is 23.7 Å². The maximum Gasteiger partial charge on any atom is 0.411 e. The van der Waals surface area contributed by atoms with Gasteiger partial charge in [-0.25, -0.2) is 9.59 Å². The molecule has 108 valence electrons. The third-order valence-electron chi connectivity index (χ3n) is 3.61. The van der Waals surface area contributed by atoms with Crippen LogP contribution in [0, 0.1) is 0 Å². The molecule has 19 heavy (non-hydrogen) atoms. The van der Waals surface area contributed by atoms with Crippen molar-refractivity contribution in [3.05, 3.63) is 0 Å². The van der Waals surface area contributed by atoms with Gasteiger partial charge < -0.3 is 9.84 Å². The lowest BCUT2D eigenvalue weighted by molar-refractivity contribution is -0.143. The van der Waals surface area contributed by atoms with Gasteiger partial charge in [-0.1, -0.05) is 12.8 Å². The second-order valence-corrected chi connectivity index (χ2v) is 7.60. The Hall–Kier alpha value is -0.910. The molecule has 1 spiro atoms. The van der Waals surface area contributed by atoms with E-state index in [1.807, 2.05) is 0 Å². The van der Waals surface area contributed by atoms with Gasteiger partial charge in [0.2, 0.25) is 0 Å². The average molecular weight is 287 g/mol. The van der Waals surface area contributed by atoms with E-state index in [2.05, 4.69) is 0 Å². The van der Waals surface area contributed by atoms with Crippen molar-refractivity contribution in [3.63, 3.8) is 0 Å². The number of thioether (sulfide) groups is 1. The molecule has 0 aromatic rings. The van der Waals surface area contributed by atoms with E-state index in [1.54, 1.807) is 32.5 Å². The minimum absolute atomic E-state index is 0.303. The van der Waals surface area contributed by atoms with Crippen molar-refractivity contribution in [2.24, 2.45) is 0 Å². The molecule has 1 N–H and O–H groups in total. The molecule has 1 aliphatic carbocycles. The lowest BCUT2D eigenvalue weighted by atomic mass is 9.96. The van der Waals surface area contributed by atoms with Crippen LogP contribution in [0.3, 0.4) is 0 Å². The molecule has 6 heteroatoms. The van der Waals surface area contributed by atoms with Crippen LogP contribution in [0.25, 0.3) is 0 Å². The first-order valence-corrected chi connectivity index (χ1v) is 7.60. The van der Waals surface area contributed by atoms with Gasteiger partial charge in [-0.2, -0.15) is 0 Å². The number of carbonyl (C=O) groups is 2. The maximum atomic E-state index is 12.1. The summed E-state index contributed by atoms with van der Waals surface area (Å²) in [5, 5.41) is 9.49. The Morgan fingerprint density at radius 3 is 2.37 bits per heavy atom. The van der Waals surface area contributed by atoms with Crippen LogP contribution in [0.4, 0.5) is 4.79 Å². The van der Waals surface area contributed by atoms with E-state index in [9.17, 15) is 14.7 Å². The van der Waals surface area contributed by atoms with Crippen molar-refractivity contribution in [2.75, 3.05) is 5.88 Å². The number of nitrogens with zero attached hydrogens (tertiary/aromatic N) is 1. The van der Waals surface area contributed by atoms with Crippen LogP contribution in [-0.2, 0) is 9.53 Å². The summed E-state index contributed by atoms with van der Waals surface area (Å²) in [6.07, 6.45) is 3.30. The lowest BCUT2D eigenvalue weighted by Gasteiger charge is -2.31. The van der Waals surface area contributed by atoms with Gasteiger partial charge in [-0.15, -0.1) is 11.8 Å². The summed E-state index contributed by atoms with van der Waals surface area (Å²) in [6, 6.07) is -0.755. The highest BCUT2D eigenvalue weighted by atomic mass is 32.2. The Morgan fingerprint density at radius 2 is 1.89 bits per heavy atom. The molecule has 0 radical (unpaired) electrons. The first-order chi connectivity index (χ1) is 8.75. The number of hydrogen-bond donors (Lipinski definition) is 1. The fourth-order valence-corrected chi connectivity index (χ4v) is 4.48. The van der Waals surface area contributed by atoms with Crippen LogP contribution in [0.2, 0.25) is 0 Å². The molecular formula is C13H21NO4S. The molecule has 5 nitrogen and oxygen atoms in total. The van der Waals surface area contributed by atoms with E-state index in [4.69, 9.17) is 4.74 Å². The molecule has 0 unspecified atom stereocenters. The smallest absolute Gasteiger partial charge is 0.411 e. The Labute approximate surface area is 117 Å². The second-order valence-electron chi connectivity index (χ2n) is 6.24. The standard InChI is InChI=1S/C13H21NO4S/c1-12(2,3)18-11(17)14-8-19-13(6-4-5-7-13)9(14)10(15)16/h9H,4-8H2,1-3H3,(H,15,16)/t9-/m0/s1. The number of amides is 1. The average Bonchev–Trinajstić information content (AvgIpc) is 2.84. The summed E-state index contributed by atoms with van der Waals surface area (Å²) in [5.74, 6) is -0.510. The van der Waals surface area contributed by atoms with E-state index in [0.717, 1.165) is 25.7 Å². The van der Waals surface area contributed by atoms with Crippen LogP contribution in [0.15, 0.2) is 0 Å². The van der Waals surface area contributed by atoms with Gasteiger partial charge in [0.1, 0.15) is 11.6 Å². The van der Waals surface area contributed by atoms with Gasteiger partial charge in [-0.05, 0) is 33.6 Å². The van der Waals surface area contributed by atoms with Gasteiger partial charge in [0.25, 0.3) is 0 Å². The summed E-state index contributed by atoms with van der Waals surface area (Å²) >= 11 is 1.60. The molecule has 1 saturated heterocycles. The summed E-state index contributed by atoms with van der Waals surface area (Å²) in [5.41, 5.74) is -0.601.